The molecule has 1 saturated heterocycles. The molecule has 0 spiro atoms. The van der Waals surface area contributed by atoms with Gasteiger partial charge in [-0.1, -0.05) is 36.7 Å². The van der Waals surface area contributed by atoms with Gasteiger partial charge in [-0.2, -0.15) is 0 Å². The SMILES string of the molecule is CC1CN(Cc2ccc(Cl)cc2)CCC1NC[C@](C)(O)COc1cc(F)ccc1CC(=O)O. The number of nitrogens with one attached hydrogen (secondary N) is 1. The third kappa shape index (κ3) is 7.96. The second kappa shape index (κ2) is 11.3. The lowest BCUT2D eigenvalue weighted by atomic mass is 9.92. The summed E-state index contributed by atoms with van der Waals surface area (Å²) in [7, 11) is 0. The highest BCUT2D eigenvalue weighted by molar-refractivity contribution is 6.30. The zero-order valence-corrected chi connectivity index (χ0v) is 19.8. The van der Waals surface area contributed by atoms with Crippen molar-refractivity contribution in [2.24, 2.45) is 5.92 Å². The molecule has 0 aliphatic carbocycles. The molecule has 3 rings (SSSR count). The number of halogens is 2. The maximum atomic E-state index is 13.6. The maximum Gasteiger partial charge on any atom is 0.307 e. The van der Waals surface area contributed by atoms with E-state index in [-0.39, 0.29) is 24.8 Å². The Kier molecular flexibility index (Phi) is 8.70. The van der Waals surface area contributed by atoms with Crippen LogP contribution in [0.2, 0.25) is 5.02 Å². The number of aliphatic carboxylic acids is 1. The van der Waals surface area contributed by atoms with Crippen LogP contribution in [0.1, 0.15) is 31.4 Å². The molecule has 0 aromatic heterocycles. The summed E-state index contributed by atoms with van der Waals surface area (Å²) < 4.78 is 19.2. The smallest absolute Gasteiger partial charge is 0.307 e. The molecule has 0 radical (unpaired) electrons. The van der Waals surface area contributed by atoms with E-state index < -0.39 is 17.4 Å². The van der Waals surface area contributed by atoms with E-state index in [2.05, 4.69) is 29.3 Å². The Morgan fingerprint density at radius 3 is 2.70 bits per heavy atom. The quantitative estimate of drug-likeness (QED) is 0.482. The van der Waals surface area contributed by atoms with E-state index in [9.17, 15) is 14.3 Å². The van der Waals surface area contributed by atoms with Gasteiger partial charge in [-0.25, -0.2) is 4.39 Å². The van der Waals surface area contributed by atoms with E-state index in [1.807, 2.05) is 12.1 Å². The second-order valence-electron chi connectivity index (χ2n) is 9.22. The molecule has 2 aromatic rings. The van der Waals surface area contributed by atoms with Crippen LogP contribution < -0.4 is 10.1 Å². The van der Waals surface area contributed by atoms with Gasteiger partial charge < -0.3 is 20.3 Å². The molecule has 2 unspecified atom stereocenters. The summed E-state index contributed by atoms with van der Waals surface area (Å²) in [5.41, 5.74) is 0.402. The molecule has 8 heteroatoms. The van der Waals surface area contributed by atoms with Gasteiger partial charge in [0.05, 0.1) is 6.42 Å². The minimum absolute atomic E-state index is 0.0835. The van der Waals surface area contributed by atoms with Crippen LogP contribution in [-0.4, -0.2) is 59.0 Å². The summed E-state index contributed by atoms with van der Waals surface area (Å²) in [6.45, 7) is 6.85. The minimum Gasteiger partial charge on any atom is -0.490 e. The van der Waals surface area contributed by atoms with Crippen molar-refractivity contribution in [3.63, 3.8) is 0 Å². The molecule has 6 nitrogen and oxygen atoms in total. The van der Waals surface area contributed by atoms with Crippen LogP contribution in [0.5, 0.6) is 5.75 Å². The van der Waals surface area contributed by atoms with Gasteiger partial charge in [0.15, 0.2) is 0 Å². The lowest BCUT2D eigenvalue weighted by Gasteiger charge is -2.38. The Morgan fingerprint density at radius 2 is 2.03 bits per heavy atom. The number of carbonyl (C=O) groups is 1. The first-order valence-electron chi connectivity index (χ1n) is 11.2. The predicted molar refractivity (Wildman–Crippen MR) is 126 cm³/mol. The van der Waals surface area contributed by atoms with Crippen LogP contribution in [0.4, 0.5) is 4.39 Å². The number of rotatable bonds is 10. The van der Waals surface area contributed by atoms with Gasteiger partial charge in [-0.3, -0.25) is 9.69 Å². The highest BCUT2D eigenvalue weighted by Crippen LogP contribution is 2.23. The molecule has 1 aliphatic rings. The van der Waals surface area contributed by atoms with E-state index in [0.717, 1.165) is 37.1 Å². The fraction of sp³-hybridized carbons (Fsp3) is 0.480. The molecule has 0 bridgehead atoms. The Bertz CT molecular complexity index is 939. The normalized spacial score (nSPS) is 20.9. The van der Waals surface area contributed by atoms with Gasteiger partial charge in [-0.15, -0.1) is 0 Å². The van der Waals surface area contributed by atoms with Crippen molar-refractivity contribution >= 4 is 17.6 Å². The van der Waals surface area contributed by atoms with Crippen LogP contribution >= 0.6 is 11.6 Å². The van der Waals surface area contributed by atoms with Crippen LogP contribution in [0, 0.1) is 11.7 Å². The maximum absolute atomic E-state index is 13.6. The Balaban J connectivity index is 1.48. The van der Waals surface area contributed by atoms with Gasteiger partial charge in [0, 0.05) is 42.3 Å². The number of nitrogens with zero attached hydrogens (tertiary/aromatic N) is 1. The topological polar surface area (TPSA) is 82.0 Å². The van der Waals surface area contributed by atoms with Gasteiger partial charge in [0.25, 0.3) is 0 Å². The molecular weight excluding hydrogens is 447 g/mol. The largest absolute Gasteiger partial charge is 0.490 e. The summed E-state index contributed by atoms with van der Waals surface area (Å²) in [6, 6.07) is 11.9. The minimum atomic E-state index is -1.20. The van der Waals surface area contributed by atoms with E-state index >= 15 is 0 Å². The van der Waals surface area contributed by atoms with E-state index in [1.54, 1.807) is 6.92 Å². The summed E-state index contributed by atoms with van der Waals surface area (Å²) >= 11 is 5.97. The Hall–Kier alpha value is -2.19. The van der Waals surface area contributed by atoms with Gasteiger partial charge in [-0.05, 0) is 49.6 Å². The molecule has 1 aliphatic heterocycles. The van der Waals surface area contributed by atoms with Crippen molar-refractivity contribution in [2.75, 3.05) is 26.2 Å². The average molecular weight is 479 g/mol. The molecule has 3 atom stereocenters. The van der Waals surface area contributed by atoms with E-state index in [0.29, 0.717) is 18.0 Å². The number of carboxylic acids is 1. The molecule has 1 heterocycles. The summed E-state index contributed by atoms with van der Waals surface area (Å²) in [4.78, 5) is 13.5. The summed E-state index contributed by atoms with van der Waals surface area (Å²) in [5.74, 6) is -1.01. The zero-order chi connectivity index (χ0) is 24.0. The first kappa shape index (κ1) is 25.4. The van der Waals surface area contributed by atoms with E-state index in [4.69, 9.17) is 21.4 Å². The van der Waals surface area contributed by atoms with Crippen LogP contribution in [0.15, 0.2) is 42.5 Å². The van der Waals surface area contributed by atoms with Crippen molar-refractivity contribution in [3.8, 4) is 5.75 Å². The van der Waals surface area contributed by atoms with Crippen LogP contribution in [0.3, 0.4) is 0 Å². The standard InChI is InChI=1S/C25H32ClFN2O4/c1-17-13-29(14-18-3-6-20(26)7-4-18)10-9-22(17)28-15-25(2,32)16-33-23-12-21(27)8-5-19(23)11-24(30)31/h3-8,12,17,22,28,32H,9-11,13-16H2,1-2H3,(H,30,31)/t17?,22?,25-/m0/s1. The predicted octanol–water partition coefficient (Wildman–Crippen LogP) is 3.74. The van der Waals surface area contributed by atoms with Gasteiger partial charge in [0.1, 0.15) is 23.8 Å². The second-order valence-corrected chi connectivity index (χ2v) is 9.66. The van der Waals surface area contributed by atoms with Crippen LogP contribution in [-0.2, 0) is 17.8 Å². The lowest BCUT2D eigenvalue weighted by molar-refractivity contribution is -0.136. The average Bonchev–Trinajstić information content (AvgIpc) is 2.75. The van der Waals surface area contributed by atoms with Crippen molar-refractivity contribution in [2.45, 2.75) is 44.9 Å². The number of aliphatic hydroxyl groups is 1. The fourth-order valence-electron chi connectivity index (χ4n) is 4.13. The molecule has 1 fully saturated rings. The molecule has 2 aromatic carbocycles. The number of hydrogen-bond acceptors (Lipinski definition) is 5. The lowest BCUT2D eigenvalue weighted by Crippen LogP contribution is -2.52. The summed E-state index contributed by atoms with van der Waals surface area (Å²) in [5, 5.41) is 24.0. The van der Waals surface area contributed by atoms with Crippen LogP contribution in [0.25, 0.3) is 0 Å². The van der Waals surface area contributed by atoms with Crippen molar-refractivity contribution in [1.29, 1.82) is 0 Å². The molecule has 0 amide bonds. The first-order valence-corrected chi connectivity index (χ1v) is 11.5. The summed E-state index contributed by atoms with van der Waals surface area (Å²) in [6.07, 6.45) is 0.681. The van der Waals surface area contributed by atoms with Crippen molar-refractivity contribution in [1.82, 2.24) is 10.2 Å². The van der Waals surface area contributed by atoms with Gasteiger partial charge >= 0.3 is 5.97 Å². The molecule has 0 saturated carbocycles. The Morgan fingerprint density at radius 1 is 1.30 bits per heavy atom. The number of benzene rings is 2. The number of piperidine rings is 1. The first-order chi connectivity index (χ1) is 15.6. The highest BCUT2D eigenvalue weighted by atomic mass is 35.5. The van der Waals surface area contributed by atoms with Gasteiger partial charge in [0.2, 0.25) is 0 Å². The molecular formula is C25H32ClFN2O4. The molecule has 3 N–H and O–H groups in total. The van der Waals surface area contributed by atoms with Crippen molar-refractivity contribution < 1.29 is 24.1 Å². The molecule has 33 heavy (non-hydrogen) atoms. The fourth-order valence-corrected chi connectivity index (χ4v) is 4.26. The van der Waals surface area contributed by atoms with Crippen molar-refractivity contribution in [3.05, 3.63) is 64.4 Å². The van der Waals surface area contributed by atoms with E-state index in [1.165, 1.54) is 17.7 Å². The Labute approximate surface area is 199 Å². The third-order valence-electron chi connectivity index (χ3n) is 5.96. The number of carboxylic acid groups (broad SMARTS) is 1. The number of likely N-dealkylation sites (tertiary alicyclic amines) is 1. The monoisotopic (exact) mass is 478 g/mol. The number of hydrogen-bond donors (Lipinski definition) is 3. The highest BCUT2D eigenvalue weighted by Gasteiger charge is 2.29. The zero-order valence-electron chi connectivity index (χ0n) is 19.1. The third-order valence-corrected chi connectivity index (χ3v) is 6.22. The number of ether oxygens (including phenoxy) is 1. The molecule has 180 valence electrons.